The molecule has 106 valence electrons. The Balaban J connectivity index is 2.56. The predicted octanol–water partition coefficient (Wildman–Crippen LogP) is 2.06. The summed E-state index contributed by atoms with van der Waals surface area (Å²) in [6.45, 7) is 4.72. The first-order valence-electron chi connectivity index (χ1n) is 6.52. The first kappa shape index (κ1) is 14.2. The molecule has 20 heavy (non-hydrogen) atoms. The van der Waals surface area contributed by atoms with Crippen LogP contribution >= 0.6 is 0 Å². The van der Waals surface area contributed by atoms with Gasteiger partial charge in [0.25, 0.3) is 0 Å². The number of ether oxygens (including phenoxy) is 1. The van der Waals surface area contributed by atoms with Crippen molar-refractivity contribution in [2.45, 2.75) is 26.9 Å². The number of aromatic nitrogens is 3. The highest BCUT2D eigenvalue weighted by atomic mass is 16.5. The molecule has 0 spiro atoms. The van der Waals surface area contributed by atoms with Gasteiger partial charge in [-0.25, -0.2) is 4.79 Å². The smallest absolute Gasteiger partial charge is 0.337 e. The van der Waals surface area contributed by atoms with E-state index >= 15 is 0 Å². The molecule has 0 fully saturated rings. The molecule has 0 aliphatic heterocycles. The van der Waals surface area contributed by atoms with E-state index in [1.165, 1.54) is 0 Å². The van der Waals surface area contributed by atoms with Crippen LogP contribution in [0, 0.1) is 0 Å². The Hall–Kier alpha value is -2.21. The molecule has 6 nitrogen and oxygen atoms in total. The molecule has 1 N–H and O–H groups in total. The van der Waals surface area contributed by atoms with Gasteiger partial charge >= 0.3 is 5.97 Å². The lowest BCUT2D eigenvalue weighted by atomic mass is 10.1. The highest BCUT2D eigenvalue weighted by Crippen LogP contribution is 2.19. The van der Waals surface area contributed by atoms with Crippen molar-refractivity contribution in [1.82, 2.24) is 14.8 Å². The fourth-order valence-electron chi connectivity index (χ4n) is 2.00. The van der Waals surface area contributed by atoms with Gasteiger partial charge in [-0.2, -0.15) is 0 Å². The second-order valence-electron chi connectivity index (χ2n) is 4.18. The number of carboxylic acids is 1. The summed E-state index contributed by atoms with van der Waals surface area (Å²) < 4.78 is 7.13. The van der Waals surface area contributed by atoms with Crippen molar-refractivity contribution in [3.05, 3.63) is 41.5 Å². The Bertz CT molecular complexity index is 607. The molecule has 0 saturated carbocycles. The van der Waals surface area contributed by atoms with E-state index in [0.29, 0.717) is 37.0 Å². The van der Waals surface area contributed by atoms with Crippen molar-refractivity contribution >= 4 is 5.97 Å². The zero-order valence-corrected chi connectivity index (χ0v) is 11.5. The number of hydrogen-bond acceptors (Lipinski definition) is 4. The SMILES string of the molecule is CCOCc1nnc(CC)n1-c1ccccc1C(=O)O. The van der Waals surface area contributed by atoms with Gasteiger partial charge < -0.3 is 9.84 Å². The van der Waals surface area contributed by atoms with Crippen molar-refractivity contribution in [1.29, 1.82) is 0 Å². The van der Waals surface area contributed by atoms with Crippen LogP contribution in [0.4, 0.5) is 0 Å². The standard InChI is InChI=1S/C14H17N3O3/c1-3-12-15-16-13(9-20-4-2)17(12)11-8-6-5-7-10(11)14(18)19/h5-8H,3-4,9H2,1-2H3,(H,18,19). The predicted molar refractivity (Wildman–Crippen MR) is 73.0 cm³/mol. The van der Waals surface area contributed by atoms with Gasteiger partial charge in [0.2, 0.25) is 0 Å². The van der Waals surface area contributed by atoms with Crippen LogP contribution in [0.15, 0.2) is 24.3 Å². The lowest BCUT2D eigenvalue weighted by Gasteiger charge is -2.12. The van der Waals surface area contributed by atoms with Crippen LogP contribution in [0.25, 0.3) is 5.69 Å². The summed E-state index contributed by atoms with van der Waals surface area (Å²) in [5.41, 5.74) is 0.788. The highest BCUT2D eigenvalue weighted by molar-refractivity contribution is 5.92. The highest BCUT2D eigenvalue weighted by Gasteiger charge is 2.18. The van der Waals surface area contributed by atoms with Crippen LogP contribution in [0.1, 0.15) is 35.9 Å². The maximum absolute atomic E-state index is 11.4. The molecule has 0 amide bonds. The third-order valence-electron chi connectivity index (χ3n) is 2.92. The largest absolute Gasteiger partial charge is 0.478 e. The maximum atomic E-state index is 11.4. The Labute approximate surface area is 117 Å². The summed E-state index contributed by atoms with van der Waals surface area (Å²) in [6.07, 6.45) is 0.660. The number of carbonyl (C=O) groups is 1. The Kier molecular flexibility index (Phi) is 4.47. The topological polar surface area (TPSA) is 77.2 Å². The molecule has 1 heterocycles. The second kappa shape index (κ2) is 6.29. The van der Waals surface area contributed by atoms with Crippen LogP contribution < -0.4 is 0 Å². The summed E-state index contributed by atoms with van der Waals surface area (Å²) in [7, 11) is 0. The fraction of sp³-hybridized carbons (Fsp3) is 0.357. The van der Waals surface area contributed by atoms with Crippen LogP contribution in [-0.4, -0.2) is 32.4 Å². The number of nitrogens with zero attached hydrogens (tertiary/aromatic N) is 3. The van der Waals surface area contributed by atoms with Gasteiger partial charge in [0.05, 0.1) is 11.3 Å². The van der Waals surface area contributed by atoms with Crippen LogP contribution in [0.5, 0.6) is 0 Å². The Morgan fingerprint density at radius 3 is 2.60 bits per heavy atom. The van der Waals surface area contributed by atoms with Crippen molar-refractivity contribution in [3.8, 4) is 5.69 Å². The lowest BCUT2D eigenvalue weighted by Crippen LogP contribution is -2.11. The average Bonchev–Trinajstić information content (AvgIpc) is 2.87. The third kappa shape index (κ3) is 2.70. The summed E-state index contributed by atoms with van der Waals surface area (Å²) >= 11 is 0. The minimum Gasteiger partial charge on any atom is -0.478 e. The van der Waals surface area contributed by atoms with E-state index in [1.54, 1.807) is 28.8 Å². The minimum absolute atomic E-state index is 0.222. The van der Waals surface area contributed by atoms with Crippen LogP contribution in [0.2, 0.25) is 0 Å². The molecular weight excluding hydrogens is 258 g/mol. The molecule has 1 aromatic heterocycles. The Morgan fingerprint density at radius 1 is 1.25 bits per heavy atom. The van der Waals surface area contributed by atoms with E-state index in [2.05, 4.69) is 10.2 Å². The number of hydrogen-bond donors (Lipinski definition) is 1. The van der Waals surface area contributed by atoms with Crippen LogP contribution in [0.3, 0.4) is 0 Å². The summed E-state index contributed by atoms with van der Waals surface area (Å²) in [6, 6.07) is 6.82. The van der Waals surface area contributed by atoms with Gasteiger partial charge in [-0.15, -0.1) is 10.2 Å². The molecule has 6 heteroatoms. The van der Waals surface area contributed by atoms with Gasteiger partial charge in [-0.3, -0.25) is 4.57 Å². The monoisotopic (exact) mass is 275 g/mol. The van der Waals surface area contributed by atoms with Crippen molar-refractivity contribution in [2.24, 2.45) is 0 Å². The minimum atomic E-state index is -0.973. The van der Waals surface area contributed by atoms with Gasteiger partial charge in [0.1, 0.15) is 12.4 Å². The molecular formula is C14H17N3O3. The number of aromatic carboxylic acids is 1. The summed E-state index contributed by atoms with van der Waals surface area (Å²) in [5.74, 6) is 0.351. The van der Waals surface area contributed by atoms with Crippen molar-refractivity contribution in [3.63, 3.8) is 0 Å². The van der Waals surface area contributed by atoms with E-state index in [1.807, 2.05) is 13.8 Å². The van der Waals surface area contributed by atoms with E-state index in [-0.39, 0.29) is 5.56 Å². The summed E-state index contributed by atoms with van der Waals surface area (Å²) in [5, 5.41) is 17.5. The third-order valence-corrected chi connectivity index (χ3v) is 2.92. The first-order chi connectivity index (χ1) is 9.69. The number of aryl methyl sites for hydroxylation is 1. The Morgan fingerprint density at radius 2 is 1.95 bits per heavy atom. The van der Waals surface area contributed by atoms with E-state index in [9.17, 15) is 9.90 Å². The van der Waals surface area contributed by atoms with Crippen LogP contribution in [-0.2, 0) is 17.8 Å². The molecule has 0 aliphatic carbocycles. The molecule has 1 aromatic carbocycles. The second-order valence-corrected chi connectivity index (χ2v) is 4.18. The molecule has 0 radical (unpaired) electrons. The maximum Gasteiger partial charge on any atom is 0.337 e. The van der Waals surface area contributed by atoms with Gasteiger partial charge in [-0.1, -0.05) is 19.1 Å². The normalized spacial score (nSPS) is 10.7. The van der Waals surface area contributed by atoms with Gasteiger partial charge in [0, 0.05) is 13.0 Å². The lowest BCUT2D eigenvalue weighted by molar-refractivity contribution is 0.0696. The quantitative estimate of drug-likeness (QED) is 0.873. The zero-order valence-electron chi connectivity index (χ0n) is 11.5. The molecule has 0 unspecified atom stereocenters. The van der Waals surface area contributed by atoms with Gasteiger partial charge in [-0.05, 0) is 19.1 Å². The number of benzene rings is 1. The van der Waals surface area contributed by atoms with Crippen molar-refractivity contribution in [2.75, 3.05) is 6.61 Å². The molecule has 0 atom stereocenters. The summed E-state index contributed by atoms with van der Waals surface area (Å²) in [4.78, 5) is 11.4. The molecule has 2 rings (SSSR count). The average molecular weight is 275 g/mol. The van der Waals surface area contributed by atoms with E-state index in [0.717, 1.165) is 0 Å². The molecule has 0 bridgehead atoms. The molecule has 0 saturated heterocycles. The number of rotatable bonds is 6. The molecule has 2 aromatic rings. The number of carboxylic acid groups (broad SMARTS) is 1. The molecule has 0 aliphatic rings. The zero-order chi connectivity index (χ0) is 14.5. The van der Waals surface area contributed by atoms with Crippen molar-refractivity contribution < 1.29 is 14.6 Å². The van der Waals surface area contributed by atoms with E-state index in [4.69, 9.17) is 4.74 Å². The number of para-hydroxylation sites is 1. The fourth-order valence-corrected chi connectivity index (χ4v) is 2.00. The van der Waals surface area contributed by atoms with E-state index < -0.39 is 5.97 Å². The van der Waals surface area contributed by atoms with Gasteiger partial charge in [0.15, 0.2) is 5.82 Å². The first-order valence-corrected chi connectivity index (χ1v) is 6.52.